The maximum absolute atomic E-state index is 10.6. The van der Waals surface area contributed by atoms with Crippen LogP contribution in [0.3, 0.4) is 0 Å². The molecule has 0 aliphatic rings. The molecule has 0 aromatic carbocycles. The fourth-order valence-corrected chi connectivity index (χ4v) is 0.572. The van der Waals surface area contributed by atoms with Crippen LogP contribution in [-0.2, 0) is 9.59 Å². The van der Waals surface area contributed by atoms with Gasteiger partial charge >= 0.3 is 12.1 Å². The SMILES string of the molecule is CC(C)CCNC(=O)CN.O=C(O)C(F)(F)F. The first-order valence-electron chi connectivity index (χ1n) is 4.88. The van der Waals surface area contributed by atoms with E-state index in [4.69, 9.17) is 15.6 Å². The van der Waals surface area contributed by atoms with Crippen LogP contribution in [0.2, 0.25) is 0 Å². The second-order valence-electron chi connectivity index (χ2n) is 3.54. The van der Waals surface area contributed by atoms with Crippen molar-refractivity contribution in [3.63, 3.8) is 0 Å². The number of amides is 1. The van der Waals surface area contributed by atoms with E-state index in [1.54, 1.807) is 0 Å². The number of nitrogens with one attached hydrogen (secondary N) is 1. The molecule has 0 fully saturated rings. The van der Waals surface area contributed by atoms with Crippen LogP contribution in [0.15, 0.2) is 0 Å². The molecule has 5 nitrogen and oxygen atoms in total. The lowest BCUT2D eigenvalue weighted by atomic mass is 10.1. The van der Waals surface area contributed by atoms with Crippen molar-refractivity contribution >= 4 is 11.9 Å². The van der Waals surface area contributed by atoms with Gasteiger partial charge in [0.25, 0.3) is 0 Å². The fraction of sp³-hybridized carbons (Fsp3) is 0.778. The van der Waals surface area contributed by atoms with Crippen molar-refractivity contribution in [3.05, 3.63) is 0 Å². The third kappa shape index (κ3) is 14.7. The molecule has 0 saturated heterocycles. The first-order chi connectivity index (χ1) is 7.61. The second-order valence-corrected chi connectivity index (χ2v) is 3.54. The number of hydrogen-bond acceptors (Lipinski definition) is 3. The minimum absolute atomic E-state index is 0.0688. The number of nitrogens with two attached hydrogens (primary N) is 1. The summed E-state index contributed by atoms with van der Waals surface area (Å²) in [6.07, 6.45) is -4.06. The predicted octanol–water partition coefficient (Wildman–Crippen LogP) is 0.741. The number of alkyl halides is 3. The summed E-state index contributed by atoms with van der Waals surface area (Å²) in [6, 6.07) is 0. The van der Waals surface area contributed by atoms with Crippen molar-refractivity contribution in [2.75, 3.05) is 13.1 Å². The Bertz CT molecular complexity index is 242. The molecule has 0 unspecified atom stereocenters. The highest BCUT2D eigenvalue weighted by Gasteiger charge is 2.38. The Hall–Kier alpha value is -1.31. The summed E-state index contributed by atoms with van der Waals surface area (Å²) in [5.41, 5.74) is 5.08. The van der Waals surface area contributed by atoms with E-state index in [9.17, 15) is 18.0 Å². The Morgan fingerprint density at radius 2 is 1.76 bits per heavy atom. The number of carbonyl (C=O) groups excluding carboxylic acids is 1. The Labute approximate surface area is 97.2 Å². The van der Waals surface area contributed by atoms with Crippen LogP contribution >= 0.6 is 0 Å². The van der Waals surface area contributed by atoms with Crippen LogP contribution in [0.4, 0.5) is 13.2 Å². The molecule has 0 atom stereocenters. The van der Waals surface area contributed by atoms with Crippen LogP contribution in [0.1, 0.15) is 20.3 Å². The molecular weight excluding hydrogens is 241 g/mol. The van der Waals surface area contributed by atoms with Crippen molar-refractivity contribution in [2.45, 2.75) is 26.4 Å². The third-order valence-electron chi connectivity index (χ3n) is 1.47. The number of aliphatic carboxylic acids is 1. The van der Waals surface area contributed by atoms with Gasteiger partial charge in [0.1, 0.15) is 0 Å². The van der Waals surface area contributed by atoms with Gasteiger partial charge in [0.2, 0.25) is 5.91 Å². The summed E-state index contributed by atoms with van der Waals surface area (Å²) in [4.78, 5) is 19.5. The lowest BCUT2D eigenvalue weighted by Crippen LogP contribution is -2.31. The topological polar surface area (TPSA) is 92.4 Å². The molecule has 8 heteroatoms. The molecule has 17 heavy (non-hydrogen) atoms. The van der Waals surface area contributed by atoms with E-state index in [1.807, 2.05) is 0 Å². The summed E-state index contributed by atoms with van der Waals surface area (Å²) in [5.74, 6) is -2.19. The fourth-order valence-electron chi connectivity index (χ4n) is 0.572. The van der Waals surface area contributed by atoms with Gasteiger partial charge in [-0.1, -0.05) is 13.8 Å². The molecule has 0 aliphatic carbocycles. The molecule has 0 rings (SSSR count). The van der Waals surface area contributed by atoms with Crippen LogP contribution in [0.25, 0.3) is 0 Å². The van der Waals surface area contributed by atoms with E-state index in [0.29, 0.717) is 5.92 Å². The van der Waals surface area contributed by atoms with Gasteiger partial charge in [-0.3, -0.25) is 4.79 Å². The smallest absolute Gasteiger partial charge is 0.475 e. The van der Waals surface area contributed by atoms with E-state index in [1.165, 1.54) is 0 Å². The molecule has 0 saturated carbocycles. The van der Waals surface area contributed by atoms with Crippen molar-refractivity contribution in [2.24, 2.45) is 11.7 Å². The van der Waals surface area contributed by atoms with Gasteiger partial charge in [-0.25, -0.2) is 4.79 Å². The van der Waals surface area contributed by atoms with Crippen LogP contribution < -0.4 is 11.1 Å². The largest absolute Gasteiger partial charge is 0.490 e. The van der Waals surface area contributed by atoms with Gasteiger partial charge in [0.05, 0.1) is 6.54 Å². The lowest BCUT2D eigenvalue weighted by Gasteiger charge is -2.04. The van der Waals surface area contributed by atoms with Crippen molar-refractivity contribution in [3.8, 4) is 0 Å². The second kappa shape index (κ2) is 8.80. The maximum atomic E-state index is 10.6. The quantitative estimate of drug-likeness (QED) is 0.693. The molecule has 1 amide bonds. The van der Waals surface area contributed by atoms with Gasteiger partial charge < -0.3 is 16.2 Å². The molecule has 0 spiro atoms. The monoisotopic (exact) mass is 258 g/mol. The number of rotatable bonds is 4. The number of carbonyl (C=O) groups is 2. The zero-order valence-electron chi connectivity index (χ0n) is 9.67. The first-order valence-corrected chi connectivity index (χ1v) is 4.88. The summed E-state index contributed by atoms with van der Waals surface area (Å²) in [6.45, 7) is 5.08. The van der Waals surface area contributed by atoms with E-state index in [-0.39, 0.29) is 12.5 Å². The summed E-state index contributed by atoms with van der Waals surface area (Å²) in [7, 11) is 0. The molecule has 0 bridgehead atoms. The number of carboxylic acid groups (broad SMARTS) is 1. The van der Waals surface area contributed by atoms with E-state index in [0.717, 1.165) is 13.0 Å². The number of hydrogen-bond donors (Lipinski definition) is 3. The van der Waals surface area contributed by atoms with E-state index < -0.39 is 12.1 Å². The summed E-state index contributed by atoms with van der Waals surface area (Å²) in [5, 5.41) is 9.82. The average molecular weight is 258 g/mol. The molecule has 102 valence electrons. The highest BCUT2D eigenvalue weighted by Crippen LogP contribution is 2.13. The van der Waals surface area contributed by atoms with Gasteiger partial charge in [-0.15, -0.1) is 0 Å². The maximum Gasteiger partial charge on any atom is 0.490 e. The first kappa shape index (κ1) is 18.1. The van der Waals surface area contributed by atoms with Crippen LogP contribution in [-0.4, -0.2) is 36.2 Å². The minimum Gasteiger partial charge on any atom is -0.475 e. The minimum atomic E-state index is -5.08. The Morgan fingerprint density at radius 1 is 1.35 bits per heavy atom. The molecule has 4 N–H and O–H groups in total. The molecule has 0 aliphatic heterocycles. The van der Waals surface area contributed by atoms with Gasteiger partial charge in [0.15, 0.2) is 0 Å². The standard InChI is InChI=1S/C7H16N2O.C2HF3O2/c1-6(2)3-4-9-7(10)5-8;3-2(4,5)1(6)7/h6H,3-5,8H2,1-2H3,(H,9,10);(H,6,7). The average Bonchev–Trinajstić information content (AvgIpc) is 2.16. The molecule has 0 aromatic heterocycles. The number of carboxylic acids is 1. The van der Waals surface area contributed by atoms with E-state index in [2.05, 4.69) is 19.2 Å². The van der Waals surface area contributed by atoms with Gasteiger partial charge in [0, 0.05) is 6.54 Å². The third-order valence-corrected chi connectivity index (χ3v) is 1.47. The van der Waals surface area contributed by atoms with Gasteiger partial charge in [-0.2, -0.15) is 13.2 Å². The zero-order valence-corrected chi connectivity index (χ0v) is 9.67. The Balaban J connectivity index is 0. The molecular formula is C9H17F3N2O3. The number of halogens is 3. The molecule has 0 radical (unpaired) electrons. The van der Waals surface area contributed by atoms with E-state index >= 15 is 0 Å². The van der Waals surface area contributed by atoms with Crippen LogP contribution in [0, 0.1) is 5.92 Å². The predicted molar refractivity (Wildman–Crippen MR) is 55.2 cm³/mol. The highest BCUT2D eigenvalue weighted by molar-refractivity contribution is 5.77. The normalized spacial score (nSPS) is 10.5. The van der Waals surface area contributed by atoms with Crippen molar-refractivity contribution < 1.29 is 27.9 Å². The lowest BCUT2D eigenvalue weighted by molar-refractivity contribution is -0.192. The molecule has 0 aromatic rings. The Morgan fingerprint density at radius 3 is 2.00 bits per heavy atom. The highest BCUT2D eigenvalue weighted by atomic mass is 19.4. The summed E-state index contributed by atoms with van der Waals surface area (Å²) < 4.78 is 31.7. The van der Waals surface area contributed by atoms with Crippen LogP contribution in [0.5, 0.6) is 0 Å². The van der Waals surface area contributed by atoms with Crippen molar-refractivity contribution in [1.82, 2.24) is 5.32 Å². The van der Waals surface area contributed by atoms with Crippen molar-refractivity contribution in [1.29, 1.82) is 0 Å². The summed E-state index contributed by atoms with van der Waals surface area (Å²) >= 11 is 0. The van der Waals surface area contributed by atoms with Gasteiger partial charge in [-0.05, 0) is 12.3 Å². The zero-order chi connectivity index (χ0) is 14.1. The molecule has 0 heterocycles. The Kier molecular flexibility index (Phi) is 9.35.